The number of aromatic nitrogens is 3. The van der Waals surface area contributed by atoms with Crippen LogP contribution >= 0.6 is 0 Å². The SMILES string of the molecule is COc1ccc2nc3c(cc2c1)c(NC(=O)C1CCCCC1)nn3CC(C)C. The van der Waals surface area contributed by atoms with Crippen LogP contribution in [0.5, 0.6) is 5.75 Å². The van der Waals surface area contributed by atoms with Gasteiger partial charge in [-0.05, 0) is 43.0 Å². The summed E-state index contributed by atoms with van der Waals surface area (Å²) in [5.41, 5.74) is 1.70. The molecule has 6 heteroatoms. The summed E-state index contributed by atoms with van der Waals surface area (Å²) in [6, 6.07) is 7.89. The Morgan fingerprint density at radius 2 is 2.04 bits per heavy atom. The van der Waals surface area contributed by atoms with Gasteiger partial charge in [0.25, 0.3) is 0 Å². The van der Waals surface area contributed by atoms with Crippen molar-refractivity contribution in [3.63, 3.8) is 0 Å². The molecule has 2 heterocycles. The number of carbonyl (C=O) groups is 1. The van der Waals surface area contributed by atoms with E-state index in [9.17, 15) is 4.79 Å². The molecule has 1 amide bonds. The Balaban J connectivity index is 1.77. The number of ether oxygens (including phenoxy) is 1. The van der Waals surface area contributed by atoms with Crippen LogP contribution in [0.1, 0.15) is 46.0 Å². The maximum absolute atomic E-state index is 12.8. The molecule has 28 heavy (non-hydrogen) atoms. The lowest BCUT2D eigenvalue weighted by molar-refractivity contribution is -0.120. The average Bonchev–Trinajstić information content (AvgIpc) is 3.02. The molecule has 1 aromatic carbocycles. The maximum atomic E-state index is 12.8. The molecule has 1 fully saturated rings. The van der Waals surface area contributed by atoms with E-state index in [0.29, 0.717) is 11.7 Å². The lowest BCUT2D eigenvalue weighted by Gasteiger charge is -2.20. The standard InChI is InChI=1S/C22H28N4O2/c1-14(2)13-26-21-18(12-16-11-17(28-3)9-10-19(16)23-21)20(25-26)24-22(27)15-7-5-4-6-8-15/h9-12,14-15H,4-8,13H2,1-3H3,(H,24,25,27). The van der Waals surface area contributed by atoms with Crippen molar-refractivity contribution in [1.82, 2.24) is 14.8 Å². The summed E-state index contributed by atoms with van der Waals surface area (Å²) in [6.45, 7) is 5.06. The first-order valence-electron chi connectivity index (χ1n) is 10.2. The Labute approximate surface area is 165 Å². The molecular weight excluding hydrogens is 352 g/mol. The molecule has 1 aliphatic rings. The van der Waals surface area contributed by atoms with Crippen LogP contribution in [0.15, 0.2) is 24.3 Å². The van der Waals surface area contributed by atoms with Crippen LogP contribution in [0, 0.1) is 11.8 Å². The van der Waals surface area contributed by atoms with Gasteiger partial charge in [-0.3, -0.25) is 4.79 Å². The highest BCUT2D eigenvalue weighted by Crippen LogP contribution is 2.30. The molecule has 1 saturated carbocycles. The predicted molar refractivity (Wildman–Crippen MR) is 112 cm³/mol. The number of hydrogen-bond acceptors (Lipinski definition) is 4. The third-order valence-electron chi connectivity index (χ3n) is 5.48. The van der Waals surface area contributed by atoms with Crippen molar-refractivity contribution in [3.8, 4) is 5.75 Å². The van der Waals surface area contributed by atoms with E-state index in [0.717, 1.165) is 59.9 Å². The molecular formula is C22H28N4O2. The van der Waals surface area contributed by atoms with Crippen molar-refractivity contribution < 1.29 is 9.53 Å². The number of fused-ring (bicyclic) bond motifs is 2. The van der Waals surface area contributed by atoms with Crippen LogP contribution in [-0.2, 0) is 11.3 Å². The van der Waals surface area contributed by atoms with Crippen LogP contribution in [0.4, 0.5) is 5.82 Å². The summed E-state index contributed by atoms with van der Waals surface area (Å²) in [5, 5.41) is 9.68. The zero-order valence-electron chi connectivity index (χ0n) is 16.9. The van der Waals surface area contributed by atoms with Gasteiger partial charge in [-0.25, -0.2) is 9.67 Å². The minimum atomic E-state index is 0.0848. The average molecular weight is 380 g/mol. The summed E-state index contributed by atoms with van der Waals surface area (Å²) in [6.07, 6.45) is 5.43. The number of carbonyl (C=O) groups excluding carboxylic acids is 1. The first kappa shape index (κ1) is 18.7. The van der Waals surface area contributed by atoms with Gasteiger partial charge in [0.2, 0.25) is 5.91 Å². The Morgan fingerprint density at radius 1 is 1.25 bits per heavy atom. The van der Waals surface area contributed by atoms with Crippen molar-refractivity contribution in [2.45, 2.75) is 52.5 Å². The van der Waals surface area contributed by atoms with Crippen molar-refractivity contribution in [2.24, 2.45) is 11.8 Å². The van der Waals surface area contributed by atoms with Crippen molar-refractivity contribution in [3.05, 3.63) is 24.3 Å². The van der Waals surface area contributed by atoms with Gasteiger partial charge in [-0.2, -0.15) is 5.10 Å². The number of anilines is 1. The van der Waals surface area contributed by atoms with E-state index < -0.39 is 0 Å². The van der Waals surface area contributed by atoms with E-state index in [1.54, 1.807) is 7.11 Å². The normalized spacial score (nSPS) is 15.4. The van der Waals surface area contributed by atoms with E-state index in [1.807, 2.05) is 22.9 Å². The predicted octanol–water partition coefficient (Wildman–Crippen LogP) is 4.77. The quantitative estimate of drug-likeness (QED) is 0.692. The third kappa shape index (κ3) is 3.68. The van der Waals surface area contributed by atoms with Gasteiger partial charge in [0.1, 0.15) is 5.75 Å². The van der Waals surface area contributed by atoms with Crippen LogP contribution in [0.2, 0.25) is 0 Å². The van der Waals surface area contributed by atoms with Gasteiger partial charge in [-0.15, -0.1) is 0 Å². The molecule has 6 nitrogen and oxygen atoms in total. The zero-order chi connectivity index (χ0) is 19.7. The second-order valence-electron chi connectivity index (χ2n) is 8.17. The first-order chi connectivity index (χ1) is 13.5. The van der Waals surface area contributed by atoms with Crippen molar-refractivity contribution >= 4 is 33.7 Å². The van der Waals surface area contributed by atoms with Gasteiger partial charge in [-0.1, -0.05) is 33.1 Å². The van der Waals surface area contributed by atoms with E-state index in [1.165, 1.54) is 6.42 Å². The van der Waals surface area contributed by atoms with Gasteiger partial charge in [0.15, 0.2) is 11.5 Å². The van der Waals surface area contributed by atoms with Crippen LogP contribution in [0.25, 0.3) is 21.9 Å². The van der Waals surface area contributed by atoms with Crippen molar-refractivity contribution in [1.29, 1.82) is 0 Å². The molecule has 4 rings (SSSR count). The third-order valence-corrected chi connectivity index (χ3v) is 5.48. The molecule has 0 spiro atoms. The van der Waals surface area contributed by atoms with E-state index in [-0.39, 0.29) is 11.8 Å². The number of nitrogens with one attached hydrogen (secondary N) is 1. The van der Waals surface area contributed by atoms with E-state index >= 15 is 0 Å². The summed E-state index contributed by atoms with van der Waals surface area (Å²) in [7, 11) is 1.66. The van der Waals surface area contributed by atoms with Crippen LogP contribution in [0.3, 0.4) is 0 Å². The highest BCUT2D eigenvalue weighted by Gasteiger charge is 2.23. The number of amides is 1. The molecule has 0 atom stereocenters. The summed E-state index contributed by atoms with van der Waals surface area (Å²) >= 11 is 0. The van der Waals surface area contributed by atoms with Gasteiger partial charge >= 0.3 is 0 Å². The molecule has 148 valence electrons. The fourth-order valence-corrected chi connectivity index (χ4v) is 4.01. The number of hydrogen-bond donors (Lipinski definition) is 1. The fourth-order valence-electron chi connectivity index (χ4n) is 4.01. The highest BCUT2D eigenvalue weighted by atomic mass is 16.5. The molecule has 2 aromatic heterocycles. The topological polar surface area (TPSA) is 69.0 Å². The maximum Gasteiger partial charge on any atom is 0.228 e. The second-order valence-corrected chi connectivity index (χ2v) is 8.17. The zero-order valence-corrected chi connectivity index (χ0v) is 16.9. The van der Waals surface area contributed by atoms with Gasteiger partial charge in [0, 0.05) is 17.8 Å². The number of benzene rings is 1. The van der Waals surface area contributed by atoms with Crippen LogP contribution in [-0.4, -0.2) is 27.8 Å². The summed E-state index contributed by atoms with van der Waals surface area (Å²) in [4.78, 5) is 17.6. The summed E-state index contributed by atoms with van der Waals surface area (Å²) in [5.74, 6) is 2.01. The first-order valence-corrected chi connectivity index (χ1v) is 10.2. The molecule has 0 bridgehead atoms. The lowest BCUT2D eigenvalue weighted by atomic mass is 9.89. The molecule has 3 aromatic rings. The number of methoxy groups -OCH3 is 1. The number of pyridine rings is 1. The van der Waals surface area contributed by atoms with Gasteiger partial charge < -0.3 is 10.1 Å². The molecule has 0 aliphatic heterocycles. The monoisotopic (exact) mass is 380 g/mol. The molecule has 1 N–H and O–H groups in total. The number of nitrogens with zero attached hydrogens (tertiary/aromatic N) is 3. The molecule has 1 aliphatic carbocycles. The summed E-state index contributed by atoms with van der Waals surface area (Å²) < 4.78 is 7.26. The smallest absolute Gasteiger partial charge is 0.228 e. The van der Waals surface area contributed by atoms with Gasteiger partial charge in [0.05, 0.1) is 18.0 Å². The Kier molecular flexibility index (Phi) is 5.20. The molecule has 0 radical (unpaired) electrons. The largest absolute Gasteiger partial charge is 0.497 e. The Morgan fingerprint density at radius 3 is 2.75 bits per heavy atom. The molecule has 0 unspecified atom stereocenters. The highest BCUT2D eigenvalue weighted by molar-refractivity contribution is 6.03. The Hall–Kier alpha value is -2.63. The number of rotatable bonds is 5. The fraction of sp³-hybridized carbons (Fsp3) is 0.500. The minimum absolute atomic E-state index is 0.0848. The minimum Gasteiger partial charge on any atom is -0.497 e. The van der Waals surface area contributed by atoms with Crippen molar-refractivity contribution in [2.75, 3.05) is 12.4 Å². The second kappa shape index (κ2) is 7.78. The molecule has 0 saturated heterocycles. The van der Waals surface area contributed by atoms with E-state index in [4.69, 9.17) is 14.8 Å². The van der Waals surface area contributed by atoms with E-state index in [2.05, 4.69) is 25.2 Å². The Bertz CT molecular complexity index is 1000. The van der Waals surface area contributed by atoms with Crippen LogP contribution < -0.4 is 10.1 Å². The lowest BCUT2D eigenvalue weighted by Crippen LogP contribution is -2.25.